The van der Waals surface area contributed by atoms with E-state index < -0.39 is 24.5 Å². The predicted octanol–water partition coefficient (Wildman–Crippen LogP) is 0.640. The van der Waals surface area contributed by atoms with Crippen LogP contribution in [-0.4, -0.2) is 82.9 Å². The first-order chi connectivity index (χ1) is 18.3. The van der Waals surface area contributed by atoms with Crippen molar-refractivity contribution in [2.45, 2.75) is 50.8 Å². The van der Waals surface area contributed by atoms with E-state index in [2.05, 4.69) is 35.7 Å². The van der Waals surface area contributed by atoms with E-state index in [4.69, 9.17) is 19.9 Å². The van der Waals surface area contributed by atoms with Gasteiger partial charge < -0.3 is 35.5 Å². The number of aromatic nitrogens is 8. The van der Waals surface area contributed by atoms with Gasteiger partial charge in [0.25, 0.3) is 0 Å². The molecule has 0 bridgehead atoms. The molecule has 5 N–H and O–H groups in total. The van der Waals surface area contributed by atoms with Crippen LogP contribution in [0.25, 0.3) is 11.2 Å². The molecule has 4 aromatic rings. The van der Waals surface area contributed by atoms with Gasteiger partial charge in [-0.15, -0.1) is 10.2 Å². The molecule has 202 valence electrons. The summed E-state index contributed by atoms with van der Waals surface area (Å²) in [5, 5.41) is 36.9. The molecule has 0 unspecified atom stereocenters. The van der Waals surface area contributed by atoms with Crippen molar-refractivity contribution in [3.8, 4) is 11.5 Å². The predicted molar refractivity (Wildman–Crippen MR) is 135 cm³/mol. The number of anilines is 2. The van der Waals surface area contributed by atoms with Crippen LogP contribution in [-0.2, 0) is 11.2 Å². The molecule has 1 aliphatic heterocycles. The lowest BCUT2D eigenvalue weighted by molar-refractivity contribution is -0.0384. The second kappa shape index (κ2) is 10.4. The van der Waals surface area contributed by atoms with Crippen LogP contribution in [0.2, 0.25) is 0 Å². The van der Waals surface area contributed by atoms with Crippen LogP contribution < -0.4 is 20.5 Å². The first kappa shape index (κ1) is 25.6. The maximum atomic E-state index is 10.8. The molecule has 0 saturated carbocycles. The van der Waals surface area contributed by atoms with E-state index >= 15 is 0 Å². The van der Waals surface area contributed by atoms with Crippen molar-refractivity contribution in [1.29, 1.82) is 0 Å². The summed E-state index contributed by atoms with van der Waals surface area (Å²) < 4.78 is 18.1. The van der Waals surface area contributed by atoms with Gasteiger partial charge in [0.1, 0.15) is 17.7 Å². The molecule has 0 radical (unpaired) electrons. The highest BCUT2D eigenvalue weighted by Crippen LogP contribution is 2.39. The van der Waals surface area contributed by atoms with Crippen LogP contribution >= 0.6 is 0 Å². The average molecular weight is 527 g/mol. The van der Waals surface area contributed by atoms with Gasteiger partial charge in [-0.1, -0.05) is 6.07 Å². The molecule has 38 heavy (non-hydrogen) atoms. The van der Waals surface area contributed by atoms with Gasteiger partial charge in [-0.2, -0.15) is 14.8 Å². The Morgan fingerprint density at radius 1 is 1.13 bits per heavy atom. The van der Waals surface area contributed by atoms with Crippen molar-refractivity contribution in [1.82, 2.24) is 39.7 Å². The molecular formula is C23H30N10O5. The first-order valence-corrected chi connectivity index (χ1v) is 12.1. The number of ether oxygens (including phenoxy) is 3. The number of hydrogen-bond acceptors (Lipinski definition) is 13. The number of rotatable bonds is 9. The summed E-state index contributed by atoms with van der Waals surface area (Å²) in [5.74, 6) is 1.91. The third-order valence-corrected chi connectivity index (χ3v) is 6.27. The van der Waals surface area contributed by atoms with Gasteiger partial charge in [0.05, 0.1) is 26.6 Å². The van der Waals surface area contributed by atoms with Crippen LogP contribution in [0.5, 0.6) is 11.5 Å². The standard InChI is InChI=1S/C23H30N10O5/c1-11(2)33-30-20(29-31-33)18-16(34)17(35)22(38-18)32-10-26-15-19(24)27-23(28-21(15)32)25-8-7-12-5-6-13(36-3)14(9-12)37-4/h5-6,9-11,16-18,22,34-35H,7-8H2,1-4H3,(H3,24,25,27,28)/t16-,17+,18-,22+/m0/s1. The minimum atomic E-state index is -1.30. The Morgan fingerprint density at radius 3 is 2.63 bits per heavy atom. The summed E-state index contributed by atoms with van der Waals surface area (Å²) in [6.45, 7) is 4.31. The van der Waals surface area contributed by atoms with Gasteiger partial charge >= 0.3 is 0 Å². The number of nitrogens with one attached hydrogen (secondary N) is 1. The van der Waals surface area contributed by atoms with Crippen molar-refractivity contribution in [2.24, 2.45) is 0 Å². The number of benzene rings is 1. The second-order valence-corrected chi connectivity index (χ2v) is 9.11. The van der Waals surface area contributed by atoms with E-state index in [1.165, 1.54) is 15.7 Å². The van der Waals surface area contributed by atoms with Gasteiger partial charge in [0, 0.05) is 6.54 Å². The van der Waals surface area contributed by atoms with E-state index in [0.717, 1.165) is 5.56 Å². The fourth-order valence-corrected chi connectivity index (χ4v) is 4.23. The highest BCUT2D eigenvalue weighted by Gasteiger charge is 2.47. The number of imidazole rings is 1. The number of aliphatic hydroxyl groups excluding tert-OH is 2. The zero-order valence-corrected chi connectivity index (χ0v) is 21.4. The zero-order chi connectivity index (χ0) is 27.0. The Morgan fingerprint density at radius 2 is 1.92 bits per heavy atom. The molecule has 3 aromatic heterocycles. The highest BCUT2D eigenvalue weighted by atomic mass is 16.6. The normalized spacial score (nSPS) is 21.3. The molecule has 1 aliphatic rings. The maximum Gasteiger partial charge on any atom is 0.226 e. The van der Waals surface area contributed by atoms with Crippen LogP contribution in [0.3, 0.4) is 0 Å². The van der Waals surface area contributed by atoms with E-state index in [1.807, 2.05) is 32.0 Å². The van der Waals surface area contributed by atoms with Crippen molar-refractivity contribution >= 4 is 22.9 Å². The molecule has 5 rings (SSSR count). The van der Waals surface area contributed by atoms with Gasteiger partial charge in [-0.25, -0.2) is 4.98 Å². The topological polar surface area (TPSA) is 193 Å². The number of tetrazole rings is 1. The summed E-state index contributed by atoms with van der Waals surface area (Å²) in [7, 11) is 3.18. The molecule has 0 aliphatic carbocycles. The molecule has 1 fully saturated rings. The summed E-state index contributed by atoms with van der Waals surface area (Å²) >= 11 is 0. The Bertz CT molecular complexity index is 1420. The SMILES string of the molecule is COc1ccc(CCNc2nc(N)c3ncn([C@@H]4O[C@H](c5nnn(C(C)C)n5)[C@@H](O)[C@H]4O)c3n2)cc1OC. The minimum absolute atomic E-state index is 0.0227. The lowest BCUT2D eigenvalue weighted by Crippen LogP contribution is -2.29. The lowest BCUT2D eigenvalue weighted by Gasteiger charge is -2.16. The fraction of sp³-hybridized carbons (Fsp3) is 0.478. The molecule has 15 nitrogen and oxygen atoms in total. The smallest absolute Gasteiger partial charge is 0.226 e. The average Bonchev–Trinajstić information content (AvgIpc) is 3.63. The number of hydrogen-bond donors (Lipinski definition) is 4. The van der Waals surface area contributed by atoms with Crippen molar-refractivity contribution < 1.29 is 24.4 Å². The minimum Gasteiger partial charge on any atom is -0.493 e. The summed E-state index contributed by atoms with van der Waals surface area (Å²) in [4.78, 5) is 14.6. The van der Waals surface area contributed by atoms with Crippen molar-refractivity contribution in [2.75, 3.05) is 31.8 Å². The van der Waals surface area contributed by atoms with Crippen LogP contribution in [0.4, 0.5) is 11.8 Å². The lowest BCUT2D eigenvalue weighted by atomic mass is 10.1. The molecular weight excluding hydrogens is 496 g/mol. The van der Waals surface area contributed by atoms with Crippen molar-refractivity contribution in [3.05, 3.63) is 35.9 Å². The van der Waals surface area contributed by atoms with Crippen LogP contribution in [0.1, 0.15) is 43.6 Å². The summed E-state index contributed by atoms with van der Waals surface area (Å²) in [5.41, 5.74) is 7.86. The van der Waals surface area contributed by atoms with E-state index in [1.54, 1.807) is 14.2 Å². The van der Waals surface area contributed by atoms with Gasteiger partial charge in [-0.3, -0.25) is 4.57 Å². The monoisotopic (exact) mass is 526 g/mol. The summed E-state index contributed by atoms with van der Waals surface area (Å²) in [6, 6.07) is 5.68. The number of nitrogens with zero attached hydrogens (tertiary/aromatic N) is 8. The molecule has 15 heteroatoms. The molecule has 4 heterocycles. The maximum absolute atomic E-state index is 10.8. The molecule has 0 amide bonds. The highest BCUT2D eigenvalue weighted by molar-refractivity contribution is 5.83. The van der Waals surface area contributed by atoms with Gasteiger partial charge in [-0.05, 0) is 43.2 Å². The summed E-state index contributed by atoms with van der Waals surface area (Å²) in [6.07, 6.45) is -2.51. The first-order valence-electron chi connectivity index (χ1n) is 12.1. The van der Waals surface area contributed by atoms with Crippen LogP contribution in [0.15, 0.2) is 24.5 Å². The number of nitrogen functional groups attached to an aromatic ring is 1. The number of fused-ring (bicyclic) bond motifs is 1. The Balaban J connectivity index is 1.34. The third-order valence-electron chi connectivity index (χ3n) is 6.27. The quantitative estimate of drug-likeness (QED) is 0.237. The Kier molecular flexibility index (Phi) is 6.96. The van der Waals surface area contributed by atoms with E-state index in [-0.39, 0.29) is 23.6 Å². The fourth-order valence-electron chi connectivity index (χ4n) is 4.23. The Hall–Kier alpha value is -4.08. The van der Waals surface area contributed by atoms with Crippen molar-refractivity contribution in [3.63, 3.8) is 0 Å². The largest absolute Gasteiger partial charge is 0.493 e. The third kappa shape index (κ3) is 4.66. The van der Waals surface area contributed by atoms with Gasteiger partial charge in [0.15, 0.2) is 35.3 Å². The van der Waals surface area contributed by atoms with E-state index in [9.17, 15) is 10.2 Å². The number of nitrogens with two attached hydrogens (primary N) is 1. The second-order valence-electron chi connectivity index (χ2n) is 9.11. The van der Waals surface area contributed by atoms with E-state index in [0.29, 0.717) is 35.6 Å². The van der Waals surface area contributed by atoms with Gasteiger partial charge in [0.2, 0.25) is 11.8 Å². The number of methoxy groups -OCH3 is 2. The zero-order valence-electron chi connectivity index (χ0n) is 21.4. The molecule has 1 aromatic carbocycles. The molecule has 1 saturated heterocycles. The molecule has 4 atom stereocenters. The van der Waals surface area contributed by atoms with Crippen LogP contribution in [0, 0.1) is 0 Å². The molecule has 0 spiro atoms. The Labute approximate surface area is 217 Å². The number of aliphatic hydroxyl groups is 2.